The molecule has 1 atom stereocenters. The molecular formula is C11H15BrN2O2S. The van der Waals surface area contributed by atoms with Crippen LogP contribution in [0.2, 0.25) is 0 Å². The maximum Gasteiger partial charge on any atom is 0.240 e. The normalized spacial score (nSPS) is 20.6. The summed E-state index contributed by atoms with van der Waals surface area (Å²) < 4.78 is 27.4. The zero-order valence-electron chi connectivity index (χ0n) is 9.32. The molecule has 0 spiro atoms. The van der Waals surface area contributed by atoms with Crippen molar-refractivity contribution in [2.75, 3.05) is 19.6 Å². The van der Waals surface area contributed by atoms with E-state index in [2.05, 4.69) is 26.0 Å². The van der Waals surface area contributed by atoms with E-state index in [0.29, 0.717) is 17.4 Å². The molecule has 1 fully saturated rings. The Bertz CT molecular complexity index is 467. The highest BCUT2D eigenvalue weighted by atomic mass is 79.9. The molecule has 1 unspecified atom stereocenters. The van der Waals surface area contributed by atoms with Crippen molar-refractivity contribution in [3.8, 4) is 0 Å². The number of hydrogen-bond donors (Lipinski definition) is 2. The third-order valence-electron chi connectivity index (χ3n) is 2.85. The van der Waals surface area contributed by atoms with Crippen LogP contribution in [-0.4, -0.2) is 28.1 Å². The molecule has 0 aliphatic carbocycles. The molecule has 2 rings (SSSR count). The van der Waals surface area contributed by atoms with Gasteiger partial charge in [-0.15, -0.1) is 0 Å². The first-order valence-corrected chi connectivity index (χ1v) is 7.81. The van der Waals surface area contributed by atoms with Crippen LogP contribution in [-0.2, 0) is 10.0 Å². The van der Waals surface area contributed by atoms with Gasteiger partial charge in [0.2, 0.25) is 10.0 Å². The molecule has 0 radical (unpaired) electrons. The van der Waals surface area contributed by atoms with Crippen LogP contribution in [0, 0.1) is 5.92 Å². The summed E-state index contributed by atoms with van der Waals surface area (Å²) in [6.45, 7) is 2.37. The van der Waals surface area contributed by atoms with E-state index in [-0.39, 0.29) is 0 Å². The third-order valence-corrected chi connectivity index (χ3v) is 4.82. The minimum atomic E-state index is -3.36. The standard InChI is InChI=1S/C11H15BrN2O2S/c12-10-1-3-11(4-2-10)17(15,16)14-8-9-5-6-13-7-9/h1-4,9,13-14H,5-8H2. The van der Waals surface area contributed by atoms with E-state index in [0.717, 1.165) is 24.0 Å². The summed E-state index contributed by atoms with van der Waals surface area (Å²) >= 11 is 3.28. The molecule has 2 N–H and O–H groups in total. The first-order chi connectivity index (χ1) is 8.08. The van der Waals surface area contributed by atoms with Gasteiger partial charge >= 0.3 is 0 Å². The summed E-state index contributed by atoms with van der Waals surface area (Å²) in [5.41, 5.74) is 0. The predicted molar refractivity (Wildman–Crippen MR) is 70.3 cm³/mol. The molecule has 1 aromatic carbocycles. The van der Waals surface area contributed by atoms with Crippen molar-refractivity contribution >= 4 is 26.0 Å². The summed E-state index contributed by atoms with van der Waals surface area (Å²) in [6, 6.07) is 6.65. The highest BCUT2D eigenvalue weighted by molar-refractivity contribution is 9.10. The van der Waals surface area contributed by atoms with Crippen molar-refractivity contribution in [1.82, 2.24) is 10.0 Å². The quantitative estimate of drug-likeness (QED) is 0.880. The van der Waals surface area contributed by atoms with Crippen molar-refractivity contribution in [1.29, 1.82) is 0 Å². The van der Waals surface area contributed by atoms with Gasteiger partial charge in [-0.2, -0.15) is 0 Å². The Hall–Kier alpha value is -0.430. The molecule has 0 aromatic heterocycles. The number of benzene rings is 1. The molecule has 1 saturated heterocycles. The molecule has 0 saturated carbocycles. The SMILES string of the molecule is O=S(=O)(NCC1CCNC1)c1ccc(Br)cc1. The average Bonchev–Trinajstić information content (AvgIpc) is 2.80. The summed E-state index contributed by atoms with van der Waals surface area (Å²) in [7, 11) is -3.36. The molecule has 1 heterocycles. The van der Waals surface area contributed by atoms with Gasteiger partial charge in [-0.05, 0) is 49.7 Å². The zero-order valence-corrected chi connectivity index (χ0v) is 11.7. The first-order valence-electron chi connectivity index (χ1n) is 5.54. The largest absolute Gasteiger partial charge is 0.316 e. The number of rotatable bonds is 4. The van der Waals surface area contributed by atoms with Gasteiger partial charge < -0.3 is 5.32 Å². The van der Waals surface area contributed by atoms with Crippen LogP contribution >= 0.6 is 15.9 Å². The highest BCUT2D eigenvalue weighted by Gasteiger charge is 2.19. The highest BCUT2D eigenvalue weighted by Crippen LogP contribution is 2.15. The number of hydrogen-bond acceptors (Lipinski definition) is 3. The van der Waals surface area contributed by atoms with Crippen molar-refractivity contribution in [2.45, 2.75) is 11.3 Å². The molecule has 0 bridgehead atoms. The first kappa shape index (κ1) is 13.0. The fraction of sp³-hybridized carbons (Fsp3) is 0.455. The van der Waals surface area contributed by atoms with Crippen LogP contribution in [0.3, 0.4) is 0 Å². The van der Waals surface area contributed by atoms with E-state index in [1.807, 2.05) is 0 Å². The maximum atomic E-state index is 12.0. The lowest BCUT2D eigenvalue weighted by atomic mass is 10.1. The van der Waals surface area contributed by atoms with Crippen LogP contribution in [0.5, 0.6) is 0 Å². The van der Waals surface area contributed by atoms with Crippen LogP contribution in [0.15, 0.2) is 33.6 Å². The van der Waals surface area contributed by atoms with Gasteiger partial charge in [0.1, 0.15) is 0 Å². The second kappa shape index (κ2) is 5.48. The van der Waals surface area contributed by atoms with Gasteiger partial charge in [-0.1, -0.05) is 15.9 Å². The average molecular weight is 319 g/mol. The topological polar surface area (TPSA) is 58.2 Å². The minimum Gasteiger partial charge on any atom is -0.316 e. The fourth-order valence-corrected chi connectivity index (χ4v) is 3.19. The van der Waals surface area contributed by atoms with Crippen molar-refractivity contribution < 1.29 is 8.42 Å². The lowest BCUT2D eigenvalue weighted by molar-refractivity contribution is 0.539. The van der Waals surface area contributed by atoms with E-state index in [1.165, 1.54) is 0 Å². The van der Waals surface area contributed by atoms with Crippen molar-refractivity contribution in [3.05, 3.63) is 28.7 Å². The Labute approximate surface area is 110 Å². The van der Waals surface area contributed by atoms with E-state index in [9.17, 15) is 8.42 Å². The van der Waals surface area contributed by atoms with Gasteiger partial charge in [0, 0.05) is 11.0 Å². The monoisotopic (exact) mass is 318 g/mol. The molecule has 17 heavy (non-hydrogen) atoms. The molecule has 94 valence electrons. The molecular weight excluding hydrogens is 304 g/mol. The lowest BCUT2D eigenvalue weighted by Gasteiger charge is -2.10. The van der Waals surface area contributed by atoms with Crippen LogP contribution in [0.4, 0.5) is 0 Å². The molecule has 6 heteroatoms. The molecule has 0 amide bonds. The maximum absolute atomic E-state index is 12.0. The fourth-order valence-electron chi connectivity index (χ4n) is 1.81. The number of nitrogens with one attached hydrogen (secondary N) is 2. The third kappa shape index (κ3) is 3.51. The zero-order chi connectivity index (χ0) is 12.3. The van der Waals surface area contributed by atoms with E-state index < -0.39 is 10.0 Å². The van der Waals surface area contributed by atoms with Crippen LogP contribution in [0.25, 0.3) is 0 Å². The van der Waals surface area contributed by atoms with E-state index in [4.69, 9.17) is 0 Å². The van der Waals surface area contributed by atoms with E-state index >= 15 is 0 Å². The second-order valence-corrected chi connectivity index (χ2v) is 6.85. The second-order valence-electron chi connectivity index (χ2n) is 4.16. The summed E-state index contributed by atoms with van der Waals surface area (Å²) in [5.74, 6) is 0.403. The lowest BCUT2D eigenvalue weighted by Crippen LogP contribution is -2.30. The Morgan fingerprint density at radius 2 is 2.06 bits per heavy atom. The van der Waals surface area contributed by atoms with Gasteiger partial charge in [0.25, 0.3) is 0 Å². The smallest absolute Gasteiger partial charge is 0.240 e. The number of sulfonamides is 1. The molecule has 1 aromatic rings. The van der Waals surface area contributed by atoms with E-state index in [1.54, 1.807) is 24.3 Å². The summed E-state index contributed by atoms with van der Waals surface area (Å²) in [4.78, 5) is 0.312. The van der Waals surface area contributed by atoms with Gasteiger partial charge in [-0.25, -0.2) is 13.1 Å². The molecule has 1 aliphatic heterocycles. The van der Waals surface area contributed by atoms with Crippen molar-refractivity contribution in [2.24, 2.45) is 5.92 Å². The minimum absolute atomic E-state index is 0.312. The van der Waals surface area contributed by atoms with Crippen LogP contribution in [0.1, 0.15) is 6.42 Å². The Balaban J connectivity index is 2.00. The van der Waals surface area contributed by atoms with Crippen LogP contribution < -0.4 is 10.0 Å². The summed E-state index contributed by atoms with van der Waals surface area (Å²) in [6.07, 6.45) is 1.03. The molecule has 4 nitrogen and oxygen atoms in total. The summed E-state index contributed by atoms with van der Waals surface area (Å²) in [5, 5.41) is 3.21. The van der Waals surface area contributed by atoms with Gasteiger partial charge in [0.15, 0.2) is 0 Å². The van der Waals surface area contributed by atoms with Crippen molar-refractivity contribution in [3.63, 3.8) is 0 Å². The Morgan fingerprint density at radius 1 is 1.35 bits per heavy atom. The Morgan fingerprint density at radius 3 is 2.65 bits per heavy atom. The predicted octanol–water partition coefficient (Wildman–Crippen LogP) is 1.34. The molecule has 1 aliphatic rings. The van der Waals surface area contributed by atoms with Gasteiger partial charge in [-0.3, -0.25) is 0 Å². The van der Waals surface area contributed by atoms with Gasteiger partial charge in [0.05, 0.1) is 4.90 Å². The number of halogens is 1. The Kier molecular flexibility index (Phi) is 4.19.